The summed E-state index contributed by atoms with van der Waals surface area (Å²) >= 11 is 0. The van der Waals surface area contributed by atoms with Crippen LogP contribution in [0.15, 0.2) is 11.1 Å². The second kappa shape index (κ2) is 12.0. The minimum absolute atomic E-state index is 0.0762. The van der Waals surface area contributed by atoms with Crippen molar-refractivity contribution in [1.82, 2.24) is 20.0 Å². The highest BCUT2D eigenvalue weighted by Gasteiger charge is 2.48. The van der Waals surface area contributed by atoms with Gasteiger partial charge in [0.05, 0.1) is 18.7 Å². The number of likely N-dealkylation sites (tertiary alicyclic amines) is 2. The minimum Gasteiger partial charge on any atom is -0.331 e. The monoisotopic (exact) mass is 523 g/mol. The van der Waals surface area contributed by atoms with Gasteiger partial charge in [-0.05, 0) is 61.5 Å². The Morgan fingerprint density at radius 3 is 2.29 bits per heavy atom. The van der Waals surface area contributed by atoms with Crippen LogP contribution in [0, 0.1) is 23.2 Å². The van der Waals surface area contributed by atoms with E-state index in [2.05, 4.69) is 16.3 Å². The standard InChI is InChI=1S/C31H49N5O2/c1-34(2)30(38)36-22-25-18-31(17-24-12-7-4-8-13-24,33-21-29(37)35-15-9-14-26(35)20-32)19-27(25)28(36)16-23-10-5-3-6-11-23/h23-24,26,28,33H,3-19,21-22H2,1-2H3/t26-,28?,31?/m0/s1. The summed E-state index contributed by atoms with van der Waals surface area (Å²) in [7, 11) is 3.74. The highest BCUT2D eigenvalue weighted by Crippen LogP contribution is 2.49. The molecule has 5 rings (SSSR count). The number of hydrogen-bond acceptors (Lipinski definition) is 4. The molecule has 0 spiro atoms. The molecule has 7 heteroatoms. The van der Waals surface area contributed by atoms with Crippen LogP contribution >= 0.6 is 0 Å². The van der Waals surface area contributed by atoms with Crippen molar-refractivity contribution in [2.75, 3.05) is 33.7 Å². The first kappa shape index (κ1) is 27.5. The van der Waals surface area contributed by atoms with Gasteiger partial charge in [0.15, 0.2) is 0 Å². The van der Waals surface area contributed by atoms with Crippen molar-refractivity contribution in [3.8, 4) is 6.07 Å². The normalized spacial score (nSPS) is 30.6. The largest absolute Gasteiger partial charge is 0.331 e. The third-order valence-electron chi connectivity index (χ3n) is 10.3. The van der Waals surface area contributed by atoms with Gasteiger partial charge in [-0.15, -0.1) is 0 Å². The fourth-order valence-corrected chi connectivity index (χ4v) is 8.40. The Hall–Kier alpha value is -2.07. The zero-order valence-electron chi connectivity index (χ0n) is 23.8. The molecule has 2 unspecified atom stereocenters. The van der Waals surface area contributed by atoms with E-state index in [9.17, 15) is 14.9 Å². The molecule has 5 aliphatic rings. The van der Waals surface area contributed by atoms with Gasteiger partial charge in [-0.3, -0.25) is 4.79 Å². The third kappa shape index (κ3) is 5.91. The Morgan fingerprint density at radius 2 is 1.63 bits per heavy atom. The van der Waals surface area contributed by atoms with Crippen LogP contribution in [0.5, 0.6) is 0 Å². The first-order valence-electron chi connectivity index (χ1n) is 15.5. The Morgan fingerprint density at radius 1 is 0.947 bits per heavy atom. The van der Waals surface area contributed by atoms with Crippen LogP contribution < -0.4 is 5.32 Å². The van der Waals surface area contributed by atoms with Gasteiger partial charge in [-0.1, -0.05) is 64.2 Å². The summed E-state index contributed by atoms with van der Waals surface area (Å²) in [6.07, 6.45) is 19.0. The van der Waals surface area contributed by atoms with Gasteiger partial charge in [0, 0.05) is 32.7 Å². The molecule has 0 aromatic heterocycles. The predicted molar refractivity (Wildman–Crippen MR) is 149 cm³/mol. The van der Waals surface area contributed by atoms with Gasteiger partial charge in [-0.25, -0.2) is 4.79 Å². The van der Waals surface area contributed by atoms with E-state index in [4.69, 9.17) is 0 Å². The maximum absolute atomic E-state index is 13.3. The Kier molecular flexibility index (Phi) is 8.67. The predicted octanol–water partition coefficient (Wildman–Crippen LogP) is 5.23. The topological polar surface area (TPSA) is 79.7 Å². The lowest BCUT2D eigenvalue weighted by Crippen LogP contribution is -2.52. The third-order valence-corrected chi connectivity index (χ3v) is 10.3. The molecule has 2 aliphatic heterocycles. The van der Waals surface area contributed by atoms with Crippen molar-refractivity contribution in [3.63, 3.8) is 0 Å². The van der Waals surface area contributed by atoms with Gasteiger partial charge in [0.25, 0.3) is 0 Å². The summed E-state index contributed by atoms with van der Waals surface area (Å²) in [5.74, 6) is 1.49. The molecule has 0 aromatic rings. The van der Waals surface area contributed by atoms with E-state index in [1.807, 2.05) is 14.1 Å². The van der Waals surface area contributed by atoms with E-state index in [0.717, 1.165) is 45.1 Å². The van der Waals surface area contributed by atoms with Crippen molar-refractivity contribution in [2.24, 2.45) is 11.8 Å². The lowest BCUT2D eigenvalue weighted by atomic mass is 9.76. The Balaban J connectivity index is 1.33. The van der Waals surface area contributed by atoms with Gasteiger partial charge in [0.2, 0.25) is 5.91 Å². The number of nitrogens with one attached hydrogen (secondary N) is 1. The summed E-state index contributed by atoms with van der Waals surface area (Å²) < 4.78 is 0. The molecule has 1 N–H and O–H groups in total. The minimum atomic E-state index is -0.268. The van der Waals surface area contributed by atoms with Gasteiger partial charge >= 0.3 is 6.03 Å². The molecule has 38 heavy (non-hydrogen) atoms. The second-order valence-corrected chi connectivity index (χ2v) is 13.3. The highest BCUT2D eigenvalue weighted by atomic mass is 16.2. The van der Waals surface area contributed by atoms with E-state index in [1.165, 1.54) is 75.4 Å². The van der Waals surface area contributed by atoms with Crippen molar-refractivity contribution in [2.45, 2.75) is 120 Å². The van der Waals surface area contributed by atoms with Gasteiger partial charge in [-0.2, -0.15) is 5.26 Å². The van der Waals surface area contributed by atoms with E-state index < -0.39 is 0 Å². The SMILES string of the molecule is CN(C)C(=O)N1CC2=C(CC(CC3CCCCC3)(NCC(=O)N3CCC[C@H]3C#N)C2)C1CC1CCCCC1. The fourth-order valence-electron chi connectivity index (χ4n) is 8.40. The summed E-state index contributed by atoms with van der Waals surface area (Å²) in [6, 6.07) is 2.40. The molecule has 0 aromatic carbocycles. The van der Waals surface area contributed by atoms with Crippen LogP contribution in [0.3, 0.4) is 0 Å². The molecule has 210 valence electrons. The van der Waals surface area contributed by atoms with Crippen LogP contribution in [0.1, 0.15) is 103 Å². The smallest absolute Gasteiger partial charge is 0.320 e. The number of nitriles is 1. The average Bonchev–Trinajstić information content (AvgIpc) is 3.62. The molecular weight excluding hydrogens is 474 g/mol. The zero-order chi connectivity index (χ0) is 26.7. The van der Waals surface area contributed by atoms with Crippen LogP contribution in [-0.4, -0.2) is 78.0 Å². The van der Waals surface area contributed by atoms with Crippen molar-refractivity contribution < 1.29 is 9.59 Å². The molecule has 3 atom stereocenters. The molecule has 1 saturated heterocycles. The van der Waals surface area contributed by atoms with E-state index in [1.54, 1.807) is 9.80 Å². The molecule has 2 heterocycles. The number of hydrogen-bond donors (Lipinski definition) is 1. The number of amides is 3. The van der Waals surface area contributed by atoms with Crippen molar-refractivity contribution >= 4 is 11.9 Å². The maximum Gasteiger partial charge on any atom is 0.320 e. The fraction of sp³-hybridized carbons (Fsp3) is 0.839. The van der Waals surface area contributed by atoms with Gasteiger partial charge < -0.3 is 20.0 Å². The summed E-state index contributed by atoms with van der Waals surface area (Å²) in [6.45, 7) is 1.77. The first-order valence-corrected chi connectivity index (χ1v) is 15.5. The summed E-state index contributed by atoms with van der Waals surface area (Å²) in [5.41, 5.74) is 2.85. The van der Waals surface area contributed by atoms with Crippen molar-refractivity contribution in [3.05, 3.63) is 11.1 Å². The van der Waals surface area contributed by atoms with Crippen molar-refractivity contribution in [1.29, 1.82) is 5.26 Å². The molecule has 2 saturated carbocycles. The first-order chi connectivity index (χ1) is 18.4. The summed E-state index contributed by atoms with van der Waals surface area (Å²) in [5, 5.41) is 13.3. The van der Waals surface area contributed by atoms with Crippen LogP contribution in [0.4, 0.5) is 4.79 Å². The van der Waals surface area contributed by atoms with Gasteiger partial charge in [0.1, 0.15) is 6.04 Å². The molecular formula is C31H49N5O2. The number of carbonyl (C=O) groups is 2. The number of rotatable bonds is 7. The van der Waals surface area contributed by atoms with E-state index >= 15 is 0 Å². The lowest BCUT2D eigenvalue weighted by Gasteiger charge is -2.40. The molecule has 3 fully saturated rings. The maximum atomic E-state index is 13.3. The van der Waals surface area contributed by atoms with Crippen LogP contribution in [-0.2, 0) is 4.79 Å². The molecule has 7 nitrogen and oxygen atoms in total. The van der Waals surface area contributed by atoms with E-state index in [0.29, 0.717) is 24.9 Å². The number of urea groups is 1. The number of nitrogens with zero attached hydrogens (tertiary/aromatic N) is 4. The second-order valence-electron chi connectivity index (χ2n) is 13.3. The highest BCUT2D eigenvalue weighted by molar-refractivity contribution is 5.79. The molecule has 3 aliphatic carbocycles. The molecule has 3 amide bonds. The average molecular weight is 524 g/mol. The number of carbonyl (C=O) groups excluding carboxylic acids is 2. The van der Waals surface area contributed by atoms with Crippen LogP contribution in [0.2, 0.25) is 0 Å². The zero-order valence-corrected chi connectivity index (χ0v) is 23.8. The molecule has 0 bridgehead atoms. The summed E-state index contributed by atoms with van der Waals surface area (Å²) in [4.78, 5) is 32.2. The van der Waals surface area contributed by atoms with E-state index in [-0.39, 0.29) is 29.6 Å². The van der Waals surface area contributed by atoms with Crippen LogP contribution in [0.25, 0.3) is 0 Å². The Labute approximate surface area is 230 Å². The lowest BCUT2D eigenvalue weighted by molar-refractivity contribution is -0.130. The molecule has 0 radical (unpaired) electrons. The Bertz CT molecular complexity index is 942. The quantitative estimate of drug-likeness (QED) is 0.464.